The van der Waals surface area contributed by atoms with Crippen molar-refractivity contribution in [3.63, 3.8) is 0 Å². The van der Waals surface area contributed by atoms with Crippen LogP contribution in [0.3, 0.4) is 0 Å². The molecule has 0 aromatic heterocycles. The summed E-state index contributed by atoms with van der Waals surface area (Å²) >= 11 is 0. The van der Waals surface area contributed by atoms with Crippen molar-refractivity contribution in [2.45, 2.75) is 31.3 Å². The average molecular weight is 293 g/mol. The van der Waals surface area contributed by atoms with Gasteiger partial charge in [-0.15, -0.1) is 0 Å². The van der Waals surface area contributed by atoms with Crippen LogP contribution in [0.4, 0.5) is 0 Å². The largest absolute Gasteiger partial charge is 0.508 e. The lowest BCUT2D eigenvalue weighted by atomic mass is 9.71. The molecule has 0 unspecified atom stereocenters. The normalized spacial score (nSPS) is 26.2. The van der Waals surface area contributed by atoms with Crippen LogP contribution >= 0.6 is 0 Å². The van der Waals surface area contributed by atoms with E-state index in [0.717, 1.165) is 31.4 Å². The molecule has 1 fully saturated rings. The maximum atomic E-state index is 9.84. The lowest BCUT2D eigenvalue weighted by molar-refractivity contribution is -0.127. The average Bonchev–Trinajstić information content (AvgIpc) is 2.46. The van der Waals surface area contributed by atoms with Crippen LogP contribution in [0.2, 0.25) is 0 Å². The molecular formula is C17H27NO3. The van der Waals surface area contributed by atoms with E-state index in [9.17, 15) is 10.2 Å². The zero-order chi connectivity index (χ0) is 15.3. The Kier molecular flexibility index (Phi) is 5.62. The Morgan fingerprint density at radius 1 is 1.33 bits per heavy atom. The summed E-state index contributed by atoms with van der Waals surface area (Å²) in [7, 11) is 4.15. The van der Waals surface area contributed by atoms with E-state index in [1.807, 2.05) is 18.2 Å². The molecular weight excluding hydrogens is 266 g/mol. The van der Waals surface area contributed by atoms with E-state index >= 15 is 0 Å². The van der Waals surface area contributed by atoms with E-state index in [1.54, 1.807) is 6.07 Å². The summed E-state index contributed by atoms with van der Waals surface area (Å²) in [5.41, 5.74) is 0.631. The SMILES string of the molecule is CN(C)C[C@H]1CCCC[C@]1(OCCO)c1cccc(O)c1. The number of ether oxygens (including phenoxy) is 1. The number of phenols is 1. The van der Waals surface area contributed by atoms with Gasteiger partial charge in [-0.05, 0) is 44.6 Å². The molecule has 1 aromatic carbocycles. The molecule has 1 aromatic rings. The lowest BCUT2D eigenvalue weighted by Gasteiger charge is -2.45. The molecule has 0 heterocycles. The van der Waals surface area contributed by atoms with E-state index in [-0.39, 0.29) is 12.4 Å². The Bertz CT molecular complexity index is 449. The topological polar surface area (TPSA) is 52.9 Å². The Balaban J connectivity index is 2.37. The summed E-state index contributed by atoms with van der Waals surface area (Å²) in [4.78, 5) is 2.19. The Morgan fingerprint density at radius 3 is 2.81 bits per heavy atom. The Morgan fingerprint density at radius 2 is 2.14 bits per heavy atom. The highest BCUT2D eigenvalue weighted by Gasteiger charge is 2.43. The van der Waals surface area contributed by atoms with Gasteiger partial charge in [-0.1, -0.05) is 25.0 Å². The molecule has 0 bridgehead atoms. The van der Waals surface area contributed by atoms with Crippen LogP contribution in [0.15, 0.2) is 24.3 Å². The second-order valence-corrected chi connectivity index (χ2v) is 6.22. The van der Waals surface area contributed by atoms with Crippen LogP contribution in [0.5, 0.6) is 5.75 Å². The molecule has 4 heteroatoms. The molecule has 1 aliphatic rings. The highest BCUT2D eigenvalue weighted by Crippen LogP contribution is 2.45. The van der Waals surface area contributed by atoms with Gasteiger partial charge in [-0.2, -0.15) is 0 Å². The first-order chi connectivity index (χ1) is 10.1. The molecule has 21 heavy (non-hydrogen) atoms. The van der Waals surface area contributed by atoms with Crippen LogP contribution in [0, 0.1) is 5.92 Å². The van der Waals surface area contributed by atoms with Gasteiger partial charge in [0.25, 0.3) is 0 Å². The first kappa shape index (κ1) is 16.3. The molecule has 2 atom stereocenters. The summed E-state index contributed by atoms with van der Waals surface area (Å²) in [6.07, 6.45) is 4.38. The summed E-state index contributed by atoms with van der Waals surface area (Å²) in [5, 5.41) is 19.0. The van der Waals surface area contributed by atoms with Crippen molar-refractivity contribution in [3.05, 3.63) is 29.8 Å². The van der Waals surface area contributed by atoms with Crippen molar-refractivity contribution in [2.75, 3.05) is 33.9 Å². The molecule has 0 saturated heterocycles. The number of benzene rings is 1. The molecule has 0 amide bonds. The first-order valence-corrected chi connectivity index (χ1v) is 7.77. The predicted octanol–water partition coefficient (Wildman–Crippen LogP) is 2.35. The van der Waals surface area contributed by atoms with Crippen LogP contribution in [-0.2, 0) is 10.3 Å². The third kappa shape index (κ3) is 3.76. The maximum absolute atomic E-state index is 9.84. The van der Waals surface area contributed by atoms with Gasteiger partial charge in [-0.3, -0.25) is 0 Å². The third-order valence-electron chi connectivity index (χ3n) is 4.38. The monoisotopic (exact) mass is 293 g/mol. The van der Waals surface area contributed by atoms with Gasteiger partial charge >= 0.3 is 0 Å². The van der Waals surface area contributed by atoms with Crippen LogP contribution in [0.1, 0.15) is 31.2 Å². The summed E-state index contributed by atoms with van der Waals surface area (Å²) in [6, 6.07) is 7.40. The molecule has 0 spiro atoms. The molecule has 0 radical (unpaired) electrons. The third-order valence-corrected chi connectivity index (χ3v) is 4.38. The number of nitrogens with zero attached hydrogens (tertiary/aromatic N) is 1. The van der Waals surface area contributed by atoms with Gasteiger partial charge in [-0.25, -0.2) is 0 Å². The summed E-state index contributed by atoms with van der Waals surface area (Å²) in [5.74, 6) is 0.642. The van der Waals surface area contributed by atoms with Crippen LogP contribution in [-0.4, -0.2) is 49.0 Å². The van der Waals surface area contributed by atoms with Crippen molar-refractivity contribution >= 4 is 0 Å². The van der Waals surface area contributed by atoms with Crippen molar-refractivity contribution < 1.29 is 14.9 Å². The zero-order valence-electron chi connectivity index (χ0n) is 13.1. The highest BCUT2D eigenvalue weighted by atomic mass is 16.5. The highest BCUT2D eigenvalue weighted by molar-refractivity contribution is 5.32. The van der Waals surface area contributed by atoms with Crippen molar-refractivity contribution in [3.8, 4) is 5.75 Å². The molecule has 4 nitrogen and oxygen atoms in total. The van der Waals surface area contributed by atoms with E-state index in [4.69, 9.17) is 4.74 Å². The first-order valence-electron chi connectivity index (χ1n) is 7.77. The fourth-order valence-electron chi connectivity index (χ4n) is 3.55. The minimum atomic E-state index is -0.399. The van der Waals surface area contributed by atoms with Gasteiger partial charge in [0.05, 0.1) is 18.8 Å². The van der Waals surface area contributed by atoms with Gasteiger partial charge < -0.3 is 19.8 Å². The van der Waals surface area contributed by atoms with Gasteiger partial charge in [0.1, 0.15) is 5.75 Å². The number of rotatable bonds is 6. The Labute approximate surface area is 127 Å². The number of phenolic OH excluding ortho intramolecular Hbond substituents is 1. The summed E-state index contributed by atoms with van der Waals surface area (Å²) < 4.78 is 6.19. The zero-order valence-corrected chi connectivity index (χ0v) is 13.1. The van der Waals surface area contributed by atoms with Gasteiger partial charge in [0.2, 0.25) is 0 Å². The van der Waals surface area contributed by atoms with Gasteiger partial charge in [0.15, 0.2) is 0 Å². The standard InChI is InChI=1S/C17H27NO3/c1-18(2)13-15-6-3-4-9-17(15,21-11-10-19)14-7-5-8-16(20)12-14/h5,7-8,12,15,19-20H,3-4,6,9-11,13H2,1-2H3/t15-,17+/m1/s1. The second kappa shape index (κ2) is 7.25. The number of aliphatic hydroxyl groups is 1. The molecule has 2 rings (SSSR count). The van der Waals surface area contributed by atoms with Crippen molar-refractivity contribution in [2.24, 2.45) is 5.92 Å². The molecule has 1 saturated carbocycles. The van der Waals surface area contributed by atoms with Crippen molar-refractivity contribution in [1.82, 2.24) is 4.90 Å². The molecule has 0 aliphatic heterocycles. The molecule has 1 aliphatic carbocycles. The molecule has 2 N–H and O–H groups in total. The quantitative estimate of drug-likeness (QED) is 0.845. The number of hydrogen-bond acceptors (Lipinski definition) is 4. The second-order valence-electron chi connectivity index (χ2n) is 6.22. The van der Waals surface area contributed by atoms with Gasteiger partial charge in [0, 0.05) is 12.5 Å². The van der Waals surface area contributed by atoms with E-state index in [0.29, 0.717) is 12.5 Å². The van der Waals surface area contributed by atoms with E-state index in [1.165, 1.54) is 6.42 Å². The molecule has 118 valence electrons. The summed E-state index contributed by atoms with van der Waals surface area (Å²) in [6.45, 7) is 1.30. The fraction of sp³-hybridized carbons (Fsp3) is 0.647. The minimum Gasteiger partial charge on any atom is -0.508 e. The lowest BCUT2D eigenvalue weighted by Crippen LogP contribution is -2.45. The van der Waals surface area contributed by atoms with E-state index in [2.05, 4.69) is 19.0 Å². The number of aromatic hydroxyl groups is 1. The number of aliphatic hydroxyl groups excluding tert-OH is 1. The smallest absolute Gasteiger partial charge is 0.115 e. The number of hydrogen-bond donors (Lipinski definition) is 2. The minimum absolute atomic E-state index is 0.0231. The predicted molar refractivity (Wildman–Crippen MR) is 83.3 cm³/mol. The fourth-order valence-corrected chi connectivity index (χ4v) is 3.55. The maximum Gasteiger partial charge on any atom is 0.115 e. The van der Waals surface area contributed by atoms with Crippen LogP contribution < -0.4 is 0 Å². The Hall–Kier alpha value is -1.10. The van der Waals surface area contributed by atoms with E-state index < -0.39 is 5.60 Å². The van der Waals surface area contributed by atoms with Crippen molar-refractivity contribution in [1.29, 1.82) is 0 Å². The van der Waals surface area contributed by atoms with Crippen LogP contribution in [0.25, 0.3) is 0 Å².